The zero-order valence-electron chi connectivity index (χ0n) is 11.4. The van der Waals surface area contributed by atoms with Crippen LogP contribution < -0.4 is 0 Å². The molecule has 1 atom stereocenters. The number of nitrogens with zero attached hydrogens (tertiary/aromatic N) is 5. The highest BCUT2D eigenvalue weighted by molar-refractivity contribution is 7.99. The SMILES string of the molecule is CCC(C)Sc1nnc2ccc(-c3cccnc3)nn12. The first-order valence-electron chi connectivity index (χ1n) is 6.57. The van der Waals surface area contributed by atoms with E-state index in [1.165, 1.54) is 0 Å². The van der Waals surface area contributed by atoms with Gasteiger partial charge in [0.05, 0.1) is 5.69 Å². The normalized spacial score (nSPS) is 12.7. The van der Waals surface area contributed by atoms with Crippen molar-refractivity contribution in [2.24, 2.45) is 0 Å². The minimum absolute atomic E-state index is 0.492. The summed E-state index contributed by atoms with van der Waals surface area (Å²) >= 11 is 1.69. The number of fused-ring (bicyclic) bond motifs is 1. The van der Waals surface area contributed by atoms with Crippen LogP contribution in [0, 0.1) is 0 Å². The number of thioether (sulfide) groups is 1. The van der Waals surface area contributed by atoms with Gasteiger partial charge in [0, 0.05) is 23.2 Å². The molecule has 0 amide bonds. The van der Waals surface area contributed by atoms with Gasteiger partial charge in [0.15, 0.2) is 5.65 Å². The summed E-state index contributed by atoms with van der Waals surface area (Å²) in [4.78, 5) is 4.13. The van der Waals surface area contributed by atoms with E-state index in [2.05, 4.69) is 34.1 Å². The Morgan fingerprint density at radius 3 is 2.90 bits per heavy atom. The summed E-state index contributed by atoms with van der Waals surface area (Å²) in [6.07, 6.45) is 4.65. The van der Waals surface area contributed by atoms with Gasteiger partial charge in [0.1, 0.15) is 0 Å². The molecular formula is C14H15N5S. The molecule has 3 aromatic heterocycles. The molecule has 0 fully saturated rings. The molecule has 6 heteroatoms. The third-order valence-electron chi connectivity index (χ3n) is 3.07. The molecule has 0 aliphatic rings. The van der Waals surface area contributed by atoms with Crippen molar-refractivity contribution in [1.82, 2.24) is 24.8 Å². The van der Waals surface area contributed by atoms with Crippen molar-refractivity contribution in [1.29, 1.82) is 0 Å². The Balaban J connectivity index is 2.03. The average Bonchev–Trinajstić information content (AvgIpc) is 2.90. The third-order valence-corrected chi connectivity index (χ3v) is 4.27. The van der Waals surface area contributed by atoms with E-state index >= 15 is 0 Å². The van der Waals surface area contributed by atoms with E-state index in [0.717, 1.165) is 28.5 Å². The van der Waals surface area contributed by atoms with E-state index in [-0.39, 0.29) is 0 Å². The second kappa shape index (κ2) is 5.58. The molecule has 0 aliphatic carbocycles. The van der Waals surface area contributed by atoms with Gasteiger partial charge in [-0.25, -0.2) is 0 Å². The van der Waals surface area contributed by atoms with Crippen LogP contribution in [-0.4, -0.2) is 30.0 Å². The van der Waals surface area contributed by atoms with E-state index in [1.807, 2.05) is 24.3 Å². The van der Waals surface area contributed by atoms with Crippen molar-refractivity contribution >= 4 is 17.4 Å². The number of pyridine rings is 1. The molecular weight excluding hydrogens is 270 g/mol. The first-order valence-corrected chi connectivity index (χ1v) is 7.45. The van der Waals surface area contributed by atoms with Gasteiger partial charge in [-0.15, -0.1) is 10.2 Å². The molecule has 0 aromatic carbocycles. The molecule has 0 N–H and O–H groups in total. The van der Waals surface area contributed by atoms with Crippen molar-refractivity contribution < 1.29 is 0 Å². The molecule has 5 nitrogen and oxygen atoms in total. The zero-order chi connectivity index (χ0) is 13.9. The number of hydrogen-bond acceptors (Lipinski definition) is 5. The fraction of sp³-hybridized carbons (Fsp3) is 0.286. The zero-order valence-corrected chi connectivity index (χ0v) is 12.2. The van der Waals surface area contributed by atoms with Crippen LogP contribution in [0.15, 0.2) is 41.8 Å². The van der Waals surface area contributed by atoms with Crippen molar-refractivity contribution in [3.05, 3.63) is 36.7 Å². The molecule has 0 saturated carbocycles. The van der Waals surface area contributed by atoms with Gasteiger partial charge < -0.3 is 0 Å². The molecule has 0 aliphatic heterocycles. The highest BCUT2D eigenvalue weighted by Crippen LogP contribution is 2.24. The summed E-state index contributed by atoms with van der Waals surface area (Å²) in [5, 5.41) is 14.3. The van der Waals surface area contributed by atoms with Crippen molar-refractivity contribution in [3.63, 3.8) is 0 Å². The van der Waals surface area contributed by atoms with Crippen LogP contribution in [0.3, 0.4) is 0 Å². The first-order chi connectivity index (χ1) is 9.78. The minimum Gasteiger partial charge on any atom is -0.264 e. The van der Waals surface area contributed by atoms with Crippen LogP contribution in [0.5, 0.6) is 0 Å². The second-order valence-corrected chi connectivity index (χ2v) is 5.96. The molecule has 0 radical (unpaired) electrons. The molecule has 0 bridgehead atoms. The van der Waals surface area contributed by atoms with Crippen molar-refractivity contribution in [2.45, 2.75) is 30.7 Å². The highest BCUT2D eigenvalue weighted by Gasteiger charge is 2.11. The number of aromatic nitrogens is 5. The number of rotatable bonds is 4. The molecule has 0 spiro atoms. The van der Waals surface area contributed by atoms with Crippen LogP contribution in [0.4, 0.5) is 0 Å². The summed E-state index contributed by atoms with van der Waals surface area (Å²) in [5.41, 5.74) is 2.63. The van der Waals surface area contributed by atoms with Gasteiger partial charge >= 0.3 is 0 Å². The molecule has 1 unspecified atom stereocenters. The molecule has 102 valence electrons. The van der Waals surface area contributed by atoms with Gasteiger partial charge in [-0.1, -0.05) is 25.6 Å². The van der Waals surface area contributed by atoms with Crippen LogP contribution in [0.25, 0.3) is 16.9 Å². The fourth-order valence-corrected chi connectivity index (χ4v) is 2.62. The molecule has 3 heterocycles. The second-order valence-electron chi connectivity index (χ2n) is 4.55. The van der Waals surface area contributed by atoms with E-state index in [0.29, 0.717) is 5.25 Å². The Morgan fingerprint density at radius 2 is 2.15 bits per heavy atom. The lowest BCUT2D eigenvalue weighted by molar-refractivity contribution is 0.801. The average molecular weight is 285 g/mol. The first kappa shape index (κ1) is 13.1. The lowest BCUT2D eigenvalue weighted by Gasteiger charge is -2.06. The monoisotopic (exact) mass is 285 g/mol. The summed E-state index contributed by atoms with van der Waals surface area (Å²) in [5.74, 6) is 0. The van der Waals surface area contributed by atoms with Crippen molar-refractivity contribution in [3.8, 4) is 11.3 Å². The topological polar surface area (TPSA) is 56.0 Å². The highest BCUT2D eigenvalue weighted by atomic mass is 32.2. The number of hydrogen-bond donors (Lipinski definition) is 0. The largest absolute Gasteiger partial charge is 0.264 e. The summed E-state index contributed by atoms with van der Waals surface area (Å²) in [6.45, 7) is 4.34. The molecule has 20 heavy (non-hydrogen) atoms. The van der Waals surface area contributed by atoms with E-state index in [4.69, 9.17) is 0 Å². The Labute approximate surface area is 121 Å². The van der Waals surface area contributed by atoms with Gasteiger partial charge in [-0.05, 0) is 30.7 Å². The quantitative estimate of drug-likeness (QED) is 0.689. The predicted molar refractivity (Wildman–Crippen MR) is 79.6 cm³/mol. The fourth-order valence-electron chi connectivity index (χ4n) is 1.77. The van der Waals surface area contributed by atoms with Gasteiger partial charge in [0.2, 0.25) is 5.16 Å². The summed E-state index contributed by atoms with van der Waals surface area (Å²) in [6, 6.07) is 7.77. The van der Waals surface area contributed by atoms with Gasteiger partial charge in [-0.3, -0.25) is 4.98 Å². The molecule has 0 saturated heterocycles. The maximum atomic E-state index is 4.62. The van der Waals surface area contributed by atoms with E-state index in [9.17, 15) is 0 Å². The minimum atomic E-state index is 0.492. The van der Waals surface area contributed by atoms with Crippen molar-refractivity contribution in [2.75, 3.05) is 0 Å². The van der Waals surface area contributed by atoms with E-state index < -0.39 is 0 Å². The van der Waals surface area contributed by atoms with Crippen LogP contribution in [0.2, 0.25) is 0 Å². The van der Waals surface area contributed by atoms with Crippen LogP contribution in [-0.2, 0) is 0 Å². The van der Waals surface area contributed by atoms with E-state index in [1.54, 1.807) is 28.7 Å². The van der Waals surface area contributed by atoms with Crippen LogP contribution >= 0.6 is 11.8 Å². The Morgan fingerprint density at radius 1 is 1.25 bits per heavy atom. The smallest absolute Gasteiger partial charge is 0.212 e. The van der Waals surface area contributed by atoms with Gasteiger partial charge in [0.25, 0.3) is 0 Å². The predicted octanol–water partition coefficient (Wildman–Crippen LogP) is 3.08. The maximum Gasteiger partial charge on any atom is 0.212 e. The Hall–Kier alpha value is -1.95. The standard InChI is InChI=1S/C14H15N5S/c1-3-10(2)20-14-17-16-13-7-6-12(18-19(13)14)11-5-4-8-15-9-11/h4-10H,3H2,1-2H3. The lowest BCUT2D eigenvalue weighted by atomic mass is 10.2. The summed E-state index contributed by atoms with van der Waals surface area (Å²) < 4.78 is 1.80. The lowest BCUT2D eigenvalue weighted by Crippen LogP contribution is -2.00. The Bertz CT molecular complexity index is 710. The maximum absolute atomic E-state index is 4.62. The third kappa shape index (κ3) is 2.51. The summed E-state index contributed by atoms with van der Waals surface area (Å²) in [7, 11) is 0. The Kier molecular flexibility index (Phi) is 3.64. The molecule has 3 rings (SSSR count). The van der Waals surface area contributed by atoms with Gasteiger partial charge in [-0.2, -0.15) is 9.61 Å². The van der Waals surface area contributed by atoms with Crippen LogP contribution in [0.1, 0.15) is 20.3 Å². The molecule has 3 aromatic rings.